The van der Waals surface area contributed by atoms with Crippen LogP contribution in [0.25, 0.3) is 0 Å². The highest BCUT2D eigenvalue weighted by Crippen LogP contribution is 2.23. The van der Waals surface area contributed by atoms with E-state index in [1.54, 1.807) is 0 Å². The minimum atomic E-state index is 0.476. The molecule has 1 N–H and O–H groups in total. The van der Waals surface area contributed by atoms with Gasteiger partial charge in [0.2, 0.25) is 0 Å². The van der Waals surface area contributed by atoms with E-state index < -0.39 is 0 Å². The maximum Gasteiger partial charge on any atom is 0.0476 e. The van der Waals surface area contributed by atoms with E-state index in [9.17, 15) is 0 Å². The molecule has 1 saturated heterocycles. The second-order valence-corrected chi connectivity index (χ2v) is 5.12. The average molecular weight is 230 g/mol. The van der Waals surface area contributed by atoms with Crippen LogP contribution in [0, 0.1) is 0 Å². The minimum Gasteiger partial charge on any atom is -0.311 e. The van der Waals surface area contributed by atoms with Crippen molar-refractivity contribution in [3.63, 3.8) is 0 Å². The molecule has 0 amide bonds. The third-order valence-corrected chi connectivity index (χ3v) is 3.27. The van der Waals surface area contributed by atoms with Crippen LogP contribution in [-0.2, 0) is 0 Å². The Balaban J connectivity index is 2.15. The fraction of sp³-hybridized carbons (Fsp3) is 0.467. The first-order chi connectivity index (χ1) is 8.16. The summed E-state index contributed by atoms with van der Waals surface area (Å²) in [7, 11) is 0. The topological polar surface area (TPSA) is 15.3 Å². The third kappa shape index (κ3) is 3.18. The fourth-order valence-electron chi connectivity index (χ4n) is 2.51. The maximum atomic E-state index is 4.04. The summed E-state index contributed by atoms with van der Waals surface area (Å²) in [4.78, 5) is 2.53. The van der Waals surface area contributed by atoms with Crippen LogP contribution in [0.1, 0.15) is 25.5 Å². The molecule has 1 aliphatic rings. The maximum absolute atomic E-state index is 4.04. The summed E-state index contributed by atoms with van der Waals surface area (Å²) < 4.78 is 0. The zero-order valence-electron chi connectivity index (χ0n) is 10.8. The van der Waals surface area contributed by atoms with Gasteiger partial charge in [0.1, 0.15) is 0 Å². The monoisotopic (exact) mass is 230 g/mol. The van der Waals surface area contributed by atoms with Crippen LogP contribution in [0.15, 0.2) is 42.5 Å². The lowest BCUT2D eigenvalue weighted by molar-refractivity contribution is 0.148. The number of nitrogens with zero attached hydrogens (tertiary/aromatic N) is 1. The largest absolute Gasteiger partial charge is 0.311 e. The molecule has 1 fully saturated rings. The average Bonchev–Trinajstić information content (AvgIpc) is 2.29. The summed E-state index contributed by atoms with van der Waals surface area (Å²) in [5.41, 5.74) is 2.63. The van der Waals surface area contributed by atoms with Gasteiger partial charge in [-0.3, -0.25) is 4.90 Å². The molecule has 1 aliphatic heterocycles. The van der Waals surface area contributed by atoms with Crippen molar-refractivity contribution in [3.8, 4) is 0 Å². The van der Waals surface area contributed by atoms with E-state index >= 15 is 0 Å². The molecule has 1 aromatic rings. The van der Waals surface area contributed by atoms with Gasteiger partial charge in [0.05, 0.1) is 0 Å². The lowest BCUT2D eigenvalue weighted by Crippen LogP contribution is -2.51. The molecule has 2 rings (SSSR count). The Labute approximate surface area is 104 Å². The first-order valence-corrected chi connectivity index (χ1v) is 6.33. The second kappa shape index (κ2) is 5.48. The summed E-state index contributed by atoms with van der Waals surface area (Å²) in [6.07, 6.45) is 0. The molecule has 0 radical (unpaired) electrons. The van der Waals surface area contributed by atoms with E-state index in [2.05, 4.69) is 61.0 Å². The highest BCUT2D eigenvalue weighted by molar-refractivity contribution is 5.20. The van der Waals surface area contributed by atoms with E-state index in [4.69, 9.17) is 0 Å². The van der Waals surface area contributed by atoms with Gasteiger partial charge >= 0.3 is 0 Å². The summed E-state index contributed by atoms with van der Waals surface area (Å²) in [6.45, 7) is 11.5. The Bertz CT molecular complexity index is 372. The predicted octanol–water partition coefficient (Wildman–Crippen LogP) is 2.60. The summed E-state index contributed by atoms with van der Waals surface area (Å²) in [5.74, 6) is 0. The predicted molar refractivity (Wildman–Crippen MR) is 73.0 cm³/mol. The third-order valence-electron chi connectivity index (χ3n) is 3.27. The van der Waals surface area contributed by atoms with Crippen molar-refractivity contribution in [2.24, 2.45) is 0 Å². The molecular weight excluding hydrogens is 208 g/mol. The van der Waals surface area contributed by atoms with Crippen LogP contribution < -0.4 is 5.32 Å². The first kappa shape index (κ1) is 12.3. The van der Waals surface area contributed by atoms with Crippen LogP contribution in [-0.4, -0.2) is 30.6 Å². The Morgan fingerprint density at radius 1 is 1.41 bits per heavy atom. The van der Waals surface area contributed by atoms with Crippen molar-refractivity contribution in [2.45, 2.75) is 25.9 Å². The van der Waals surface area contributed by atoms with Crippen molar-refractivity contribution in [3.05, 3.63) is 48.0 Å². The number of hydrogen-bond donors (Lipinski definition) is 1. The van der Waals surface area contributed by atoms with E-state index in [1.165, 1.54) is 11.1 Å². The SMILES string of the molecule is C=C(C)CN1CC(C)NCC1c1ccccc1. The van der Waals surface area contributed by atoms with Crippen molar-refractivity contribution in [1.29, 1.82) is 0 Å². The van der Waals surface area contributed by atoms with Gasteiger partial charge in [0, 0.05) is 31.7 Å². The van der Waals surface area contributed by atoms with Crippen LogP contribution in [0.3, 0.4) is 0 Å². The summed E-state index contributed by atoms with van der Waals surface area (Å²) in [5, 5.41) is 3.56. The molecule has 2 heteroatoms. The lowest BCUT2D eigenvalue weighted by Gasteiger charge is -2.39. The van der Waals surface area contributed by atoms with Gasteiger partial charge in [-0.15, -0.1) is 0 Å². The molecule has 0 aromatic heterocycles. The number of rotatable bonds is 3. The Hall–Kier alpha value is -1.12. The van der Waals surface area contributed by atoms with Crippen LogP contribution in [0.2, 0.25) is 0 Å². The van der Waals surface area contributed by atoms with Gasteiger partial charge in [0.25, 0.3) is 0 Å². The molecule has 2 atom stereocenters. The van der Waals surface area contributed by atoms with E-state index in [1.807, 2.05) is 0 Å². The molecular formula is C15H22N2. The summed E-state index contributed by atoms with van der Waals surface area (Å²) >= 11 is 0. The van der Waals surface area contributed by atoms with Crippen molar-refractivity contribution in [1.82, 2.24) is 10.2 Å². The lowest BCUT2D eigenvalue weighted by atomic mass is 10.0. The molecule has 0 bridgehead atoms. The normalized spacial score (nSPS) is 25.8. The molecule has 17 heavy (non-hydrogen) atoms. The zero-order chi connectivity index (χ0) is 12.3. The molecule has 0 saturated carbocycles. The number of hydrogen-bond acceptors (Lipinski definition) is 2. The van der Waals surface area contributed by atoms with Gasteiger partial charge in [-0.25, -0.2) is 0 Å². The fourth-order valence-corrected chi connectivity index (χ4v) is 2.51. The van der Waals surface area contributed by atoms with Gasteiger partial charge in [-0.2, -0.15) is 0 Å². The van der Waals surface area contributed by atoms with E-state index in [-0.39, 0.29) is 0 Å². The summed E-state index contributed by atoms with van der Waals surface area (Å²) in [6, 6.07) is 11.8. The van der Waals surface area contributed by atoms with E-state index in [0.717, 1.165) is 19.6 Å². The number of benzene rings is 1. The molecule has 2 unspecified atom stereocenters. The quantitative estimate of drug-likeness (QED) is 0.803. The zero-order valence-corrected chi connectivity index (χ0v) is 10.8. The van der Waals surface area contributed by atoms with Crippen LogP contribution in [0.4, 0.5) is 0 Å². The van der Waals surface area contributed by atoms with Gasteiger partial charge in [-0.05, 0) is 19.4 Å². The standard InChI is InChI=1S/C15H22N2/c1-12(2)10-17-11-13(3)16-9-15(17)14-7-5-4-6-8-14/h4-8,13,15-16H,1,9-11H2,2-3H3. The van der Waals surface area contributed by atoms with Crippen molar-refractivity contribution in [2.75, 3.05) is 19.6 Å². The van der Waals surface area contributed by atoms with Gasteiger partial charge in [0.15, 0.2) is 0 Å². The van der Waals surface area contributed by atoms with Crippen molar-refractivity contribution < 1.29 is 0 Å². The van der Waals surface area contributed by atoms with Crippen LogP contribution >= 0.6 is 0 Å². The molecule has 0 aliphatic carbocycles. The molecule has 92 valence electrons. The highest BCUT2D eigenvalue weighted by atomic mass is 15.2. The van der Waals surface area contributed by atoms with Crippen molar-refractivity contribution >= 4 is 0 Å². The minimum absolute atomic E-state index is 0.476. The Morgan fingerprint density at radius 2 is 2.12 bits per heavy atom. The smallest absolute Gasteiger partial charge is 0.0476 e. The highest BCUT2D eigenvalue weighted by Gasteiger charge is 2.26. The molecule has 0 spiro atoms. The van der Waals surface area contributed by atoms with Gasteiger partial charge < -0.3 is 5.32 Å². The Kier molecular flexibility index (Phi) is 3.97. The number of nitrogens with one attached hydrogen (secondary N) is 1. The second-order valence-electron chi connectivity index (χ2n) is 5.12. The van der Waals surface area contributed by atoms with E-state index in [0.29, 0.717) is 12.1 Å². The first-order valence-electron chi connectivity index (χ1n) is 6.33. The van der Waals surface area contributed by atoms with Crippen LogP contribution in [0.5, 0.6) is 0 Å². The molecule has 2 nitrogen and oxygen atoms in total. The number of piperazine rings is 1. The molecule has 1 aromatic carbocycles. The molecule has 1 heterocycles. The Morgan fingerprint density at radius 3 is 2.76 bits per heavy atom. The van der Waals surface area contributed by atoms with Gasteiger partial charge in [-0.1, -0.05) is 42.5 Å².